The minimum Gasteiger partial charge on any atom is -0.385 e. The molecular weight excluding hydrogens is 258 g/mol. The van der Waals surface area contributed by atoms with Gasteiger partial charge in [0.1, 0.15) is 10.8 Å². The second-order valence-corrected chi connectivity index (χ2v) is 5.04. The third-order valence-corrected chi connectivity index (χ3v) is 3.66. The molecule has 1 aromatic carbocycles. The lowest BCUT2D eigenvalue weighted by Gasteiger charge is -2.07. The summed E-state index contributed by atoms with van der Waals surface area (Å²) in [5.41, 5.74) is 8.08. The summed E-state index contributed by atoms with van der Waals surface area (Å²) < 4.78 is 9.27. The molecule has 0 saturated carbocycles. The molecule has 2 rings (SSSR count). The number of hydrogen-bond donors (Lipinski definition) is 2. The van der Waals surface area contributed by atoms with E-state index in [1.54, 1.807) is 7.11 Å². The van der Waals surface area contributed by atoms with Crippen molar-refractivity contribution in [3.05, 3.63) is 30.3 Å². The van der Waals surface area contributed by atoms with Crippen molar-refractivity contribution in [2.75, 3.05) is 31.3 Å². The first-order chi connectivity index (χ1) is 9.33. The Hall–Kier alpha value is -1.59. The summed E-state index contributed by atoms with van der Waals surface area (Å²) in [5, 5.41) is 4.45. The van der Waals surface area contributed by atoms with Crippen LogP contribution in [0.3, 0.4) is 0 Å². The lowest BCUT2D eigenvalue weighted by Crippen LogP contribution is -2.02. The van der Waals surface area contributed by atoms with Gasteiger partial charge in [0, 0.05) is 20.3 Å². The van der Waals surface area contributed by atoms with Gasteiger partial charge in [-0.2, -0.15) is 4.37 Å². The van der Waals surface area contributed by atoms with Gasteiger partial charge in [-0.1, -0.05) is 30.3 Å². The fourth-order valence-electron chi connectivity index (χ4n) is 1.88. The molecule has 0 aliphatic heterocycles. The molecule has 2 aromatic rings. The Labute approximate surface area is 117 Å². The van der Waals surface area contributed by atoms with Gasteiger partial charge in [-0.25, -0.2) is 0 Å². The Bertz CT molecular complexity index is 499. The molecule has 0 bridgehead atoms. The van der Waals surface area contributed by atoms with E-state index in [9.17, 15) is 0 Å². The summed E-state index contributed by atoms with van der Waals surface area (Å²) in [7, 11) is 1.73. The predicted molar refractivity (Wildman–Crippen MR) is 81.6 cm³/mol. The van der Waals surface area contributed by atoms with Crippen molar-refractivity contribution in [2.24, 2.45) is 0 Å². The van der Waals surface area contributed by atoms with Crippen LogP contribution in [0, 0.1) is 0 Å². The average Bonchev–Trinajstić information content (AvgIpc) is 2.81. The fraction of sp³-hybridized carbons (Fsp3) is 0.357. The van der Waals surface area contributed by atoms with Gasteiger partial charge >= 0.3 is 0 Å². The van der Waals surface area contributed by atoms with Crippen LogP contribution in [0.25, 0.3) is 11.1 Å². The van der Waals surface area contributed by atoms with Crippen molar-refractivity contribution in [2.45, 2.75) is 12.8 Å². The Morgan fingerprint density at radius 1 is 1.26 bits per heavy atom. The SMILES string of the molecule is COCCCCNc1snc(N)c1-c1ccccc1. The molecule has 0 aliphatic rings. The summed E-state index contributed by atoms with van der Waals surface area (Å²) >= 11 is 1.42. The second-order valence-electron chi connectivity index (χ2n) is 4.26. The molecule has 19 heavy (non-hydrogen) atoms. The Kier molecular flexibility index (Phi) is 5.18. The fourth-order valence-corrected chi connectivity index (χ4v) is 2.64. The number of nitrogens with one attached hydrogen (secondary N) is 1. The lowest BCUT2D eigenvalue weighted by molar-refractivity contribution is 0.194. The second kappa shape index (κ2) is 7.11. The maximum atomic E-state index is 5.96. The van der Waals surface area contributed by atoms with E-state index in [-0.39, 0.29) is 0 Å². The number of ether oxygens (including phenoxy) is 1. The molecular formula is C14H19N3OS. The summed E-state index contributed by atoms with van der Waals surface area (Å²) in [6, 6.07) is 10.1. The van der Waals surface area contributed by atoms with Gasteiger partial charge in [0.05, 0.1) is 5.56 Å². The van der Waals surface area contributed by atoms with Gasteiger partial charge in [0.15, 0.2) is 0 Å². The van der Waals surface area contributed by atoms with E-state index in [2.05, 4.69) is 21.8 Å². The van der Waals surface area contributed by atoms with Gasteiger partial charge in [-0.15, -0.1) is 0 Å². The Morgan fingerprint density at radius 2 is 2.05 bits per heavy atom. The monoisotopic (exact) mass is 277 g/mol. The van der Waals surface area contributed by atoms with E-state index in [1.165, 1.54) is 11.5 Å². The highest BCUT2D eigenvalue weighted by Crippen LogP contribution is 2.36. The number of aromatic nitrogens is 1. The number of methoxy groups -OCH3 is 1. The van der Waals surface area contributed by atoms with Gasteiger partial charge in [-0.05, 0) is 29.9 Å². The number of nitrogens with two attached hydrogens (primary N) is 1. The number of unbranched alkanes of at least 4 members (excludes halogenated alkanes) is 1. The molecule has 0 spiro atoms. The van der Waals surface area contributed by atoms with E-state index in [1.807, 2.05) is 18.2 Å². The molecule has 3 N–H and O–H groups in total. The zero-order valence-corrected chi connectivity index (χ0v) is 11.9. The third-order valence-electron chi connectivity index (χ3n) is 2.84. The van der Waals surface area contributed by atoms with E-state index >= 15 is 0 Å². The summed E-state index contributed by atoms with van der Waals surface area (Å²) in [6.07, 6.45) is 2.12. The molecule has 1 heterocycles. The van der Waals surface area contributed by atoms with Crippen LogP contribution in [0.1, 0.15) is 12.8 Å². The normalized spacial score (nSPS) is 10.6. The van der Waals surface area contributed by atoms with Crippen LogP contribution in [-0.4, -0.2) is 24.6 Å². The third kappa shape index (κ3) is 3.68. The van der Waals surface area contributed by atoms with Crippen LogP contribution in [0.15, 0.2) is 30.3 Å². The molecule has 0 fully saturated rings. The van der Waals surface area contributed by atoms with Crippen LogP contribution in [-0.2, 0) is 4.74 Å². The molecule has 0 saturated heterocycles. The summed E-state index contributed by atoms with van der Waals surface area (Å²) in [4.78, 5) is 0. The highest BCUT2D eigenvalue weighted by molar-refractivity contribution is 7.11. The minimum absolute atomic E-state index is 0.593. The molecule has 0 unspecified atom stereocenters. The summed E-state index contributed by atoms with van der Waals surface area (Å²) in [6.45, 7) is 1.71. The van der Waals surface area contributed by atoms with Gasteiger partial charge in [-0.3, -0.25) is 0 Å². The van der Waals surface area contributed by atoms with Crippen LogP contribution >= 0.6 is 11.5 Å². The number of anilines is 2. The number of nitrogen functional groups attached to an aromatic ring is 1. The van der Waals surface area contributed by atoms with Crippen LogP contribution < -0.4 is 11.1 Å². The van der Waals surface area contributed by atoms with Crippen molar-refractivity contribution in [1.82, 2.24) is 4.37 Å². The average molecular weight is 277 g/mol. The Balaban J connectivity index is 2.02. The smallest absolute Gasteiger partial charge is 0.147 e. The maximum absolute atomic E-state index is 5.96. The van der Waals surface area contributed by atoms with Gasteiger partial charge in [0.2, 0.25) is 0 Å². The van der Waals surface area contributed by atoms with Gasteiger partial charge < -0.3 is 15.8 Å². The number of rotatable bonds is 7. The molecule has 0 radical (unpaired) electrons. The van der Waals surface area contributed by atoms with E-state index in [0.717, 1.165) is 42.1 Å². The predicted octanol–water partition coefficient (Wildman–Crippen LogP) is 3.23. The van der Waals surface area contributed by atoms with Crippen molar-refractivity contribution in [3.63, 3.8) is 0 Å². The van der Waals surface area contributed by atoms with Gasteiger partial charge in [0.25, 0.3) is 0 Å². The number of benzene rings is 1. The molecule has 102 valence electrons. The van der Waals surface area contributed by atoms with E-state index < -0.39 is 0 Å². The van der Waals surface area contributed by atoms with Crippen LogP contribution in [0.2, 0.25) is 0 Å². The highest BCUT2D eigenvalue weighted by Gasteiger charge is 2.12. The number of hydrogen-bond acceptors (Lipinski definition) is 5. The zero-order valence-electron chi connectivity index (χ0n) is 11.1. The summed E-state index contributed by atoms with van der Waals surface area (Å²) in [5.74, 6) is 0.593. The van der Waals surface area contributed by atoms with E-state index in [4.69, 9.17) is 10.5 Å². The first kappa shape index (κ1) is 13.8. The molecule has 0 atom stereocenters. The van der Waals surface area contributed by atoms with Crippen LogP contribution in [0.5, 0.6) is 0 Å². The topological polar surface area (TPSA) is 60.2 Å². The van der Waals surface area contributed by atoms with Crippen molar-refractivity contribution >= 4 is 22.4 Å². The number of nitrogens with zero attached hydrogens (tertiary/aromatic N) is 1. The first-order valence-electron chi connectivity index (χ1n) is 6.36. The zero-order chi connectivity index (χ0) is 13.5. The largest absolute Gasteiger partial charge is 0.385 e. The maximum Gasteiger partial charge on any atom is 0.147 e. The van der Waals surface area contributed by atoms with Crippen LogP contribution in [0.4, 0.5) is 10.8 Å². The molecule has 0 amide bonds. The molecule has 1 aromatic heterocycles. The van der Waals surface area contributed by atoms with Crippen molar-refractivity contribution in [1.29, 1.82) is 0 Å². The molecule has 4 nitrogen and oxygen atoms in total. The quantitative estimate of drug-likeness (QED) is 0.763. The molecule has 0 aliphatic carbocycles. The van der Waals surface area contributed by atoms with Crippen molar-refractivity contribution in [3.8, 4) is 11.1 Å². The Morgan fingerprint density at radius 3 is 2.79 bits per heavy atom. The van der Waals surface area contributed by atoms with E-state index in [0.29, 0.717) is 5.82 Å². The minimum atomic E-state index is 0.593. The highest BCUT2D eigenvalue weighted by atomic mass is 32.1. The first-order valence-corrected chi connectivity index (χ1v) is 7.13. The molecule has 5 heteroatoms. The van der Waals surface area contributed by atoms with Crippen molar-refractivity contribution < 1.29 is 4.74 Å². The standard InChI is InChI=1S/C14H19N3OS/c1-18-10-6-5-9-16-14-12(13(15)17-19-14)11-7-3-2-4-8-11/h2-4,7-8,16H,5-6,9-10H2,1H3,(H2,15,17). The lowest BCUT2D eigenvalue weighted by atomic mass is 10.1.